The monoisotopic (exact) mass is 395 g/mol. The van der Waals surface area contributed by atoms with Gasteiger partial charge in [-0.15, -0.1) is 10.2 Å². The Morgan fingerprint density at radius 1 is 1.46 bits per heavy atom. The average Bonchev–Trinajstić information content (AvgIpc) is 3.29. The number of nitriles is 1. The number of halogens is 3. The molecule has 1 fully saturated rings. The Balaban J connectivity index is 1.69. The molecule has 2 aromatic rings. The molecule has 0 spiro atoms. The van der Waals surface area contributed by atoms with E-state index in [-0.39, 0.29) is 29.4 Å². The van der Waals surface area contributed by atoms with Gasteiger partial charge in [-0.05, 0) is 24.6 Å². The minimum atomic E-state index is -4.51. The number of methoxy groups -OCH3 is 1. The highest BCUT2D eigenvalue weighted by atomic mass is 19.4. The molecule has 2 atom stereocenters. The summed E-state index contributed by atoms with van der Waals surface area (Å²) in [5.41, 5.74) is -0.806. The van der Waals surface area contributed by atoms with Crippen LogP contribution in [0.25, 0.3) is 11.5 Å². The van der Waals surface area contributed by atoms with Gasteiger partial charge in [-0.1, -0.05) is 6.07 Å². The number of amides is 1. The number of aromatic nitrogens is 2. The number of carbonyl (C=O) groups is 1. The van der Waals surface area contributed by atoms with Gasteiger partial charge in [0.25, 0.3) is 0 Å². The van der Waals surface area contributed by atoms with Gasteiger partial charge in [-0.3, -0.25) is 4.79 Å². The quantitative estimate of drug-likeness (QED) is 0.773. The highest BCUT2D eigenvalue weighted by Crippen LogP contribution is 2.31. The molecule has 3 rings (SSSR count). The summed E-state index contributed by atoms with van der Waals surface area (Å²) in [6.07, 6.45) is -1.96. The zero-order valence-corrected chi connectivity index (χ0v) is 14.7. The predicted octanol–water partition coefficient (Wildman–Crippen LogP) is 2.06. The Kier molecular flexibility index (Phi) is 5.51. The van der Waals surface area contributed by atoms with Gasteiger partial charge in [0.1, 0.15) is 0 Å². The number of nitrogens with zero attached hydrogens (tertiary/aromatic N) is 4. The lowest BCUT2D eigenvalue weighted by Crippen LogP contribution is -2.36. The fraction of sp³-hybridized carbons (Fsp3) is 0.412. The molecule has 0 saturated carbocycles. The molecule has 0 aliphatic carbocycles. The lowest BCUT2D eigenvalue weighted by molar-refractivity contribution is -0.137. The highest BCUT2D eigenvalue weighted by molar-refractivity contribution is 5.90. The third-order valence-corrected chi connectivity index (χ3v) is 4.29. The zero-order valence-electron chi connectivity index (χ0n) is 14.7. The van der Waals surface area contributed by atoms with Crippen molar-refractivity contribution in [2.75, 3.05) is 20.3 Å². The van der Waals surface area contributed by atoms with E-state index >= 15 is 0 Å². The van der Waals surface area contributed by atoms with Crippen molar-refractivity contribution < 1.29 is 27.1 Å². The molecular weight excluding hydrogens is 379 g/mol. The second-order valence-electron chi connectivity index (χ2n) is 6.26. The van der Waals surface area contributed by atoms with E-state index in [0.717, 1.165) is 12.1 Å². The summed E-state index contributed by atoms with van der Waals surface area (Å²) >= 11 is 0. The smallest absolute Gasteiger partial charge is 0.412 e. The molecule has 1 N–H and O–H groups in total. The minimum absolute atomic E-state index is 0.0538. The Morgan fingerprint density at radius 3 is 2.93 bits per heavy atom. The summed E-state index contributed by atoms with van der Waals surface area (Å²) in [5.74, 6) is -1.23. The number of hydrogen-bond acceptors (Lipinski definition) is 7. The Morgan fingerprint density at radius 2 is 2.25 bits per heavy atom. The minimum Gasteiger partial charge on any atom is -0.412 e. The summed E-state index contributed by atoms with van der Waals surface area (Å²) < 4.78 is 48.8. The van der Waals surface area contributed by atoms with E-state index in [2.05, 4.69) is 15.5 Å². The van der Waals surface area contributed by atoms with Gasteiger partial charge >= 0.3 is 18.0 Å². The number of carbonyl (C=O) groups excluding carboxylic acids is 1. The van der Waals surface area contributed by atoms with Crippen LogP contribution < -0.4 is 5.32 Å². The lowest BCUT2D eigenvalue weighted by atomic mass is 10.1. The van der Waals surface area contributed by atoms with Crippen LogP contribution in [-0.4, -0.2) is 53.3 Å². The van der Waals surface area contributed by atoms with Crippen LogP contribution in [-0.2, 0) is 10.9 Å². The van der Waals surface area contributed by atoms with Crippen LogP contribution in [0.3, 0.4) is 0 Å². The summed E-state index contributed by atoms with van der Waals surface area (Å²) in [6, 6.07) is 3.91. The number of benzene rings is 1. The summed E-state index contributed by atoms with van der Waals surface area (Å²) in [6.45, 7) is 0.658. The number of nitrogens with one attached hydrogen (secondary N) is 1. The van der Waals surface area contributed by atoms with Crippen LogP contribution in [0.1, 0.15) is 22.7 Å². The Labute approximate surface area is 157 Å². The summed E-state index contributed by atoms with van der Waals surface area (Å²) in [7, 11) is 1.52. The van der Waals surface area contributed by atoms with Crippen molar-refractivity contribution in [1.82, 2.24) is 20.4 Å². The largest absolute Gasteiger partial charge is 0.416 e. The van der Waals surface area contributed by atoms with Crippen LogP contribution in [0.15, 0.2) is 28.7 Å². The lowest BCUT2D eigenvalue weighted by Gasteiger charge is -2.15. The molecular formula is C17H16F3N5O3. The fourth-order valence-electron chi connectivity index (χ4n) is 3.00. The van der Waals surface area contributed by atoms with E-state index in [1.807, 2.05) is 6.19 Å². The van der Waals surface area contributed by atoms with E-state index in [9.17, 15) is 18.0 Å². The van der Waals surface area contributed by atoms with E-state index in [1.54, 1.807) is 0 Å². The fourth-order valence-corrected chi connectivity index (χ4v) is 3.00. The molecule has 1 saturated heterocycles. The third-order valence-electron chi connectivity index (χ3n) is 4.29. The van der Waals surface area contributed by atoms with Crippen molar-refractivity contribution in [2.45, 2.75) is 24.7 Å². The zero-order chi connectivity index (χ0) is 20.3. The first-order chi connectivity index (χ1) is 13.3. The Hall–Kier alpha value is -3.13. The van der Waals surface area contributed by atoms with Crippen molar-refractivity contribution in [3.05, 3.63) is 35.7 Å². The van der Waals surface area contributed by atoms with Gasteiger partial charge in [0.2, 0.25) is 5.89 Å². The van der Waals surface area contributed by atoms with Crippen molar-refractivity contribution in [3.63, 3.8) is 0 Å². The van der Waals surface area contributed by atoms with Crippen LogP contribution in [0, 0.1) is 11.5 Å². The molecule has 0 radical (unpaired) electrons. The first kappa shape index (κ1) is 19.6. The first-order valence-electron chi connectivity index (χ1n) is 8.29. The number of alkyl halides is 3. The summed E-state index contributed by atoms with van der Waals surface area (Å²) in [4.78, 5) is 13.8. The predicted molar refractivity (Wildman–Crippen MR) is 88.6 cm³/mol. The van der Waals surface area contributed by atoms with Crippen molar-refractivity contribution in [2.24, 2.45) is 0 Å². The molecule has 1 aliphatic heterocycles. The SMILES string of the molecule is COC[C@H]1C[C@@H](NC(=O)c2nnc(-c3cccc(C(F)(F)F)c3)o2)CN1C#N. The molecule has 0 bridgehead atoms. The molecule has 28 heavy (non-hydrogen) atoms. The maximum absolute atomic E-state index is 12.8. The molecule has 1 aromatic carbocycles. The van der Waals surface area contributed by atoms with Crippen molar-refractivity contribution in [1.29, 1.82) is 5.26 Å². The third kappa shape index (κ3) is 4.23. The van der Waals surface area contributed by atoms with Crippen LogP contribution >= 0.6 is 0 Å². The molecule has 11 heteroatoms. The number of likely N-dealkylation sites (tertiary alicyclic amines) is 1. The second kappa shape index (κ2) is 7.85. The maximum Gasteiger partial charge on any atom is 0.416 e. The standard InChI is InChI=1S/C17H16F3N5O3/c1-27-8-13-6-12(7-25(13)9-21)22-14(26)16-24-23-15(28-16)10-3-2-4-11(5-10)17(18,19)20/h2-5,12-13H,6-8H2,1H3,(H,22,26)/t12-,13-/m1/s1. The molecule has 148 valence electrons. The van der Waals surface area contributed by atoms with Crippen LogP contribution in [0.2, 0.25) is 0 Å². The number of ether oxygens (including phenoxy) is 1. The second-order valence-corrected chi connectivity index (χ2v) is 6.26. The van der Waals surface area contributed by atoms with Crippen molar-refractivity contribution >= 4 is 5.91 Å². The van der Waals surface area contributed by atoms with Gasteiger partial charge in [0.05, 0.1) is 18.2 Å². The molecule has 1 amide bonds. The van der Waals surface area contributed by atoms with Gasteiger partial charge in [-0.2, -0.15) is 18.4 Å². The molecule has 1 aromatic heterocycles. The first-order valence-corrected chi connectivity index (χ1v) is 8.29. The topological polar surface area (TPSA) is 104 Å². The molecule has 2 heterocycles. The van der Waals surface area contributed by atoms with E-state index in [1.165, 1.54) is 24.1 Å². The van der Waals surface area contributed by atoms with Gasteiger partial charge < -0.3 is 19.4 Å². The van der Waals surface area contributed by atoms with Crippen LogP contribution in [0.4, 0.5) is 13.2 Å². The average molecular weight is 395 g/mol. The highest BCUT2D eigenvalue weighted by Gasteiger charge is 2.34. The number of hydrogen-bond donors (Lipinski definition) is 1. The molecule has 8 nitrogen and oxygen atoms in total. The van der Waals surface area contributed by atoms with Gasteiger partial charge in [0.15, 0.2) is 6.19 Å². The number of rotatable bonds is 5. The molecule has 0 unspecified atom stereocenters. The van der Waals surface area contributed by atoms with E-state index < -0.39 is 17.6 Å². The summed E-state index contributed by atoms with van der Waals surface area (Å²) in [5, 5.41) is 19.1. The molecule has 1 aliphatic rings. The van der Waals surface area contributed by atoms with Crippen LogP contribution in [0.5, 0.6) is 0 Å². The maximum atomic E-state index is 12.8. The van der Waals surface area contributed by atoms with Crippen molar-refractivity contribution in [3.8, 4) is 17.6 Å². The Bertz CT molecular complexity index is 893. The normalized spacial score (nSPS) is 19.5. The van der Waals surface area contributed by atoms with Gasteiger partial charge in [0, 0.05) is 25.3 Å². The van der Waals surface area contributed by atoms with Gasteiger partial charge in [-0.25, -0.2) is 0 Å². The van der Waals surface area contributed by atoms with E-state index in [4.69, 9.17) is 14.4 Å². The van der Waals surface area contributed by atoms with E-state index in [0.29, 0.717) is 19.6 Å².